The molecule has 0 unspecified atom stereocenters. The molecule has 0 amide bonds. The van der Waals surface area contributed by atoms with E-state index in [2.05, 4.69) is 0 Å². The van der Waals surface area contributed by atoms with Gasteiger partial charge < -0.3 is 28.4 Å². The van der Waals surface area contributed by atoms with Crippen molar-refractivity contribution < 1.29 is 33.2 Å². The van der Waals surface area contributed by atoms with Gasteiger partial charge in [-0.25, -0.2) is 4.79 Å². The zero-order chi connectivity index (χ0) is 12.9. The molecule has 102 valence electrons. The number of cyclic esters (lactones) is 1. The standard InChI is InChI=1S/C11H16O7/c1-11(2)17-7-6-5(4-14-10(12)16-6)15-9(13-3)8(7)18-11/h5-9H,4H2,1-3H3/t5-,6-,7+,8+,9+/m1/s1. The normalized spacial score (nSPS) is 45.7. The van der Waals surface area contributed by atoms with Crippen molar-refractivity contribution >= 4 is 6.16 Å². The van der Waals surface area contributed by atoms with Crippen LogP contribution in [0.25, 0.3) is 0 Å². The Morgan fingerprint density at radius 2 is 1.94 bits per heavy atom. The van der Waals surface area contributed by atoms with Crippen molar-refractivity contribution in [3.63, 3.8) is 0 Å². The third-order valence-corrected chi connectivity index (χ3v) is 3.26. The third-order valence-electron chi connectivity index (χ3n) is 3.26. The molecule has 0 aromatic heterocycles. The molecule has 0 aliphatic carbocycles. The van der Waals surface area contributed by atoms with Gasteiger partial charge >= 0.3 is 6.16 Å². The Balaban J connectivity index is 1.85. The summed E-state index contributed by atoms with van der Waals surface area (Å²) in [5, 5.41) is 0. The molecule has 18 heavy (non-hydrogen) atoms. The Morgan fingerprint density at radius 3 is 2.67 bits per heavy atom. The summed E-state index contributed by atoms with van der Waals surface area (Å²) in [6, 6.07) is 0. The van der Waals surface area contributed by atoms with Gasteiger partial charge in [-0.1, -0.05) is 0 Å². The van der Waals surface area contributed by atoms with Crippen molar-refractivity contribution in [2.24, 2.45) is 0 Å². The lowest BCUT2D eigenvalue weighted by Crippen LogP contribution is -2.61. The van der Waals surface area contributed by atoms with E-state index in [1.54, 1.807) is 13.8 Å². The van der Waals surface area contributed by atoms with Gasteiger partial charge in [0.2, 0.25) is 0 Å². The molecule has 7 heteroatoms. The maximum atomic E-state index is 11.2. The molecule has 3 fully saturated rings. The van der Waals surface area contributed by atoms with Crippen molar-refractivity contribution in [1.82, 2.24) is 0 Å². The maximum absolute atomic E-state index is 11.2. The van der Waals surface area contributed by atoms with Crippen LogP contribution < -0.4 is 0 Å². The molecule has 0 N–H and O–H groups in total. The molecule has 0 saturated carbocycles. The van der Waals surface area contributed by atoms with Crippen molar-refractivity contribution in [2.75, 3.05) is 13.7 Å². The van der Waals surface area contributed by atoms with Crippen LogP contribution in [0.5, 0.6) is 0 Å². The number of ether oxygens (including phenoxy) is 6. The van der Waals surface area contributed by atoms with Crippen LogP contribution in [0, 0.1) is 0 Å². The molecule has 7 nitrogen and oxygen atoms in total. The summed E-state index contributed by atoms with van der Waals surface area (Å²) in [5.74, 6) is -0.755. The van der Waals surface area contributed by atoms with Crippen LogP contribution >= 0.6 is 0 Å². The van der Waals surface area contributed by atoms with Crippen LogP contribution in [-0.4, -0.2) is 56.4 Å². The second-order valence-corrected chi connectivity index (χ2v) is 4.99. The van der Waals surface area contributed by atoms with Crippen molar-refractivity contribution in [3.05, 3.63) is 0 Å². The van der Waals surface area contributed by atoms with Gasteiger partial charge in [-0.05, 0) is 13.8 Å². The minimum atomic E-state index is -0.755. The van der Waals surface area contributed by atoms with Crippen LogP contribution in [0.2, 0.25) is 0 Å². The van der Waals surface area contributed by atoms with Gasteiger partial charge in [0.15, 0.2) is 18.2 Å². The van der Waals surface area contributed by atoms with Crippen molar-refractivity contribution in [1.29, 1.82) is 0 Å². The van der Waals surface area contributed by atoms with Gasteiger partial charge in [0.1, 0.15) is 24.9 Å². The number of carbonyl (C=O) groups excluding carboxylic acids is 1. The molecule has 5 atom stereocenters. The number of carbonyl (C=O) groups is 1. The second kappa shape index (κ2) is 4.06. The van der Waals surface area contributed by atoms with Gasteiger partial charge in [-0.2, -0.15) is 0 Å². The topological polar surface area (TPSA) is 72.5 Å². The summed E-state index contributed by atoms with van der Waals surface area (Å²) in [6.07, 6.45) is -3.01. The van der Waals surface area contributed by atoms with Crippen LogP contribution in [0.15, 0.2) is 0 Å². The molecule has 3 saturated heterocycles. The predicted molar refractivity (Wildman–Crippen MR) is 55.7 cm³/mol. The van der Waals surface area contributed by atoms with E-state index in [0.717, 1.165) is 0 Å². The molecule has 0 aromatic rings. The average molecular weight is 260 g/mol. The lowest BCUT2D eigenvalue weighted by Gasteiger charge is -2.42. The Kier molecular flexibility index (Phi) is 2.74. The minimum Gasteiger partial charge on any atom is -0.431 e. The quantitative estimate of drug-likeness (QED) is 0.632. The highest BCUT2D eigenvalue weighted by atomic mass is 16.8. The first kappa shape index (κ1) is 12.2. The van der Waals surface area contributed by atoms with Crippen molar-refractivity contribution in [2.45, 2.75) is 50.3 Å². The number of rotatable bonds is 1. The monoisotopic (exact) mass is 260 g/mol. The molecule has 3 heterocycles. The van der Waals surface area contributed by atoms with E-state index in [-0.39, 0.29) is 6.61 Å². The third kappa shape index (κ3) is 1.87. The molecule has 0 radical (unpaired) electrons. The van der Waals surface area contributed by atoms with E-state index in [1.807, 2.05) is 0 Å². The molecule has 0 bridgehead atoms. The van der Waals surface area contributed by atoms with Crippen LogP contribution in [0.4, 0.5) is 4.79 Å². The van der Waals surface area contributed by atoms with Crippen molar-refractivity contribution in [3.8, 4) is 0 Å². The first-order valence-electron chi connectivity index (χ1n) is 5.87. The Morgan fingerprint density at radius 1 is 1.22 bits per heavy atom. The van der Waals surface area contributed by atoms with Crippen LogP contribution in [0.1, 0.15) is 13.8 Å². The maximum Gasteiger partial charge on any atom is 0.508 e. The van der Waals surface area contributed by atoms with Gasteiger partial charge in [0, 0.05) is 7.11 Å². The number of hydrogen-bond donors (Lipinski definition) is 0. The largest absolute Gasteiger partial charge is 0.508 e. The summed E-state index contributed by atoms with van der Waals surface area (Å²) in [4.78, 5) is 11.2. The Bertz CT molecular complexity index is 355. The van der Waals surface area contributed by atoms with E-state index in [0.29, 0.717) is 0 Å². The lowest BCUT2D eigenvalue weighted by atomic mass is 9.98. The summed E-state index contributed by atoms with van der Waals surface area (Å²) in [6.45, 7) is 3.73. The number of methoxy groups -OCH3 is 1. The Labute approximate surface area is 104 Å². The molecular weight excluding hydrogens is 244 g/mol. The predicted octanol–water partition coefficient (Wildman–Crippen LogP) is 0.413. The summed E-state index contributed by atoms with van der Waals surface area (Å²) in [7, 11) is 1.53. The molecule has 3 aliphatic heterocycles. The molecule has 3 rings (SSSR count). The minimum absolute atomic E-state index is 0.135. The second-order valence-electron chi connectivity index (χ2n) is 4.99. The molecule has 3 aliphatic rings. The first-order chi connectivity index (χ1) is 8.50. The molecule has 0 spiro atoms. The van der Waals surface area contributed by atoms with E-state index >= 15 is 0 Å². The Hall–Kier alpha value is -0.890. The van der Waals surface area contributed by atoms with Gasteiger partial charge in [-0.3, -0.25) is 0 Å². The summed E-state index contributed by atoms with van der Waals surface area (Å²) >= 11 is 0. The first-order valence-corrected chi connectivity index (χ1v) is 5.87. The number of hydrogen-bond acceptors (Lipinski definition) is 7. The number of fused-ring (bicyclic) bond motifs is 3. The van der Waals surface area contributed by atoms with Gasteiger partial charge in [-0.15, -0.1) is 0 Å². The van der Waals surface area contributed by atoms with E-state index in [1.165, 1.54) is 7.11 Å². The zero-order valence-electron chi connectivity index (χ0n) is 10.5. The molecular formula is C11H16O7. The SMILES string of the molecule is CO[C@H]1O[C@@H]2COC(=O)O[C@H]2[C@@H]2OC(C)(C)O[C@H]12. The highest BCUT2D eigenvalue weighted by Crippen LogP contribution is 2.39. The smallest absolute Gasteiger partial charge is 0.431 e. The van der Waals surface area contributed by atoms with Gasteiger partial charge in [0.05, 0.1) is 0 Å². The fourth-order valence-corrected chi connectivity index (χ4v) is 2.58. The van der Waals surface area contributed by atoms with Crippen LogP contribution in [0.3, 0.4) is 0 Å². The fraction of sp³-hybridized carbons (Fsp3) is 0.909. The average Bonchev–Trinajstić information content (AvgIpc) is 2.64. The van der Waals surface area contributed by atoms with E-state index in [9.17, 15) is 4.79 Å². The molecule has 0 aromatic carbocycles. The summed E-state index contributed by atoms with van der Waals surface area (Å²) < 4.78 is 32.4. The van der Waals surface area contributed by atoms with Gasteiger partial charge in [0.25, 0.3) is 0 Å². The zero-order valence-corrected chi connectivity index (χ0v) is 10.5. The lowest BCUT2D eigenvalue weighted by molar-refractivity contribution is -0.285. The highest BCUT2D eigenvalue weighted by molar-refractivity contribution is 5.61. The fourth-order valence-electron chi connectivity index (χ4n) is 2.58. The van der Waals surface area contributed by atoms with Crippen LogP contribution in [-0.2, 0) is 28.4 Å². The van der Waals surface area contributed by atoms with E-state index < -0.39 is 42.6 Å². The summed E-state index contributed by atoms with van der Waals surface area (Å²) in [5.41, 5.74) is 0. The highest BCUT2D eigenvalue weighted by Gasteiger charge is 2.58. The van der Waals surface area contributed by atoms with E-state index in [4.69, 9.17) is 28.4 Å².